The zero-order valence-corrected chi connectivity index (χ0v) is 13.0. The first-order chi connectivity index (χ1) is 10.7. The number of likely N-dealkylation sites (tertiary alicyclic amines) is 1. The van der Waals surface area contributed by atoms with E-state index >= 15 is 0 Å². The van der Waals surface area contributed by atoms with Gasteiger partial charge < -0.3 is 10.2 Å². The van der Waals surface area contributed by atoms with Crippen LogP contribution in [0, 0.1) is 24.2 Å². The Bertz CT molecular complexity index is 694. The number of benzene rings is 2. The van der Waals surface area contributed by atoms with E-state index in [0.29, 0.717) is 11.8 Å². The van der Waals surface area contributed by atoms with E-state index in [2.05, 4.69) is 48.2 Å². The summed E-state index contributed by atoms with van der Waals surface area (Å²) in [5.74, 6) is 0.943. The van der Waals surface area contributed by atoms with Crippen molar-refractivity contribution in [3.8, 4) is 0 Å². The Morgan fingerprint density at radius 2 is 1.64 bits per heavy atom. The van der Waals surface area contributed by atoms with Crippen molar-refractivity contribution in [1.82, 2.24) is 4.90 Å². The molecule has 0 amide bonds. The van der Waals surface area contributed by atoms with Crippen molar-refractivity contribution in [2.75, 3.05) is 26.3 Å². The van der Waals surface area contributed by atoms with Gasteiger partial charge >= 0.3 is 0 Å². The molecule has 1 aliphatic carbocycles. The van der Waals surface area contributed by atoms with Gasteiger partial charge in [0.2, 0.25) is 0 Å². The zero-order valence-electron chi connectivity index (χ0n) is 13.0. The fourth-order valence-corrected chi connectivity index (χ4v) is 4.48. The van der Waals surface area contributed by atoms with Gasteiger partial charge in [-0.2, -0.15) is 0 Å². The molecule has 1 saturated heterocycles. The van der Waals surface area contributed by atoms with Gasteiger partial charge in [0.1, 0.15) is 0 Å². The predicted molar refractivity (Wildman–Crippen MR) is 87.5 cm³/mol. The van der Waals surface area contributed by atoms with E-state index in [9.17, 15) is 10.2 Å². The van der Waals surface area contributed by atoms with E-state index in [0.717, 1.165) is 19.6 Å². The lowest BCUT2D eigenvalue weighted by Gasteiger charge is -2.24. The molecule has 2 aliphatic rings. The van der Waals surface area contributed by atoms with Crippen LogP contribution in [0.2, 0.25) is 0 Å². The van der Waals surface area contributed by atoms with Crippen molar-refractivity contribution in [2.24, 2.45) is 17.3 Å². The van der Waals surface area contributed by atoms with Crippen molar-refractivity contribution < 1.29 is 10.2 Å². The number of aryl methyl sites for hydroxylation is 1. The minimum absolute atomic E-state index is 0.125. The molecule has 116 valence electrons. The molecular formula is C19H23NO2. The fourth-order valence-electron chi connectivity index (χ4n) is 4.48. The molecule has 2 aromatic rings. The molecule has 0 aromatic heterocycles. The average molecular weight is 297 g/mol. The predicted octanol–water partition coefficient (Wildman–Crippen LogP) is 2.18. The minimum Gasteiger partial charge on any atom is -0.396 e. The van der Waals surface area contributed by atoms with Gasteiger partial charge in [0, 0.05) is 25.0 Å². The second-order valence-corrected chi connectivity index (χ2v) is 7.04. The van der Waals surface area contributed by atoms with E-state index in [-0.39, 0.29) is 18.6 Å². The summed E-state index contributed by atoms with van der Waals surface area (Å²) < 4.78 is 0. The first-order valence-corrected chi connectivity index (χ1v) is 8.11. The van der Waals surface area contributed by atoms with Gasteiger partial charge in [0.25, 0.3) is 0 Å². The number of aliphatic hydroxyl groups is 2. The van der Waals surface area contributed by atoms with Crippen LogP contribution in [0.5, 0.6) is 0 Å². The number of fused-ring (bicyclic) bond motifs is 2. The highest BCUT2D eigenvalue weighted by Crippen LogP contribution is 2.62. The lowest BCUT2D eigenvalue weighted by Crippen LogP contribution is -2.31. The number of hydrogen-bond donors (Lipinski definition) is 2. The van der Waals surface area contributed by atoms with Crippen molar-refractivity contribution in [1.29, 1.82) is 0 Å². The number of nitrogens with zero attached hydrogens (tertiary/aromatic N) is 1. The molecule has 22 heavy (non-hydrogen) atoms. The van der Waals surface area contributed by atoms with Crippen LogP contribution in [0.1, 0.15) is 11.1 Å². The molecule has 1 aliphatic heterocycles. The maximum absolute atomic E-state index is 9.53. The Balaban J connectivity index is 1.54. The maximum atomic E-state index is 9.53. The van der Waals surface area contributed by atoms with Crippen LogP contribution in [0.15, 0.2) is 36.4 Å². The van der Waals surface area contributed by atoms with E-state index in [1.54, 1.807) is 0 Å². The number of aliphatic hydroxyl groups excluding tert-OH is 2. The van der Waals surface area contributed by atoms with Crippen LogP contribution in [-0.4, -0.2) is 41.4 Å². The molecule has 2 unspecified atom stereocenters. The second kappa shape index (κ2) is 5.05. The van der Waals surface area contributed by atoms with Crippen molar-refractivity contribution in [3.05, 3.63) is 47.5 Å². The van der Waals surface area contributed by atoms with E-state index in [1.165, 1.54) is 21.9 Å². The summed E-state index contributed by atoms with van der Waals surface area (Å²) in [5.41, 5.74) is 2.51. The third-order valence-electron chi connectivity index (χ3n) is 5.98. The Kier molecular flexibility index (Phi) is 3.26. The molecule has 1 heterocycles. The molecule has 2 atom stereocenters. The molecule has 3 heteroatoms. The largest absolute Gasteiger partial charge is 0.396 e. The molecule has 1 saturated carbocycles. The second-order valence-electron chi connectivity index (χ2n) is 7.04. The van der Waals surface area contributed by atoms with Gasteiger partial charge in [0.15, 0.2) is 0 Å². The van der Waals surface area contributed by atoms with Gasteiger partial charge in [-0.1, -0.05) is 36.4 Å². The van der Waals surface area contributed by atoms with E-state index in [4.69, 9.17) is 0 Å². The van der Waals surface area contributed by atoms with E-state index < -0.39 is 0 Å². The molecule has 0 bridgehead atoms. The highest BCUT2D eigenvalue weighted by Gasteiger charge is 2.67. The van der Waals surface area contributed by atoms with Crippen molar-refractivity contribution >= 4 is 10.8 Å². The Morgan fingerprint density at radius 3 is 2.32 bits per heavy atom. The Hall–Kier alpha value is -1.42. The fraction of sp³-hybridized carbons (Fsp3) is 0.474. The third kappa shape index (κ3) is 1.93. The smallest absolute Gasteiger partial charge is 0.0515 e. The van der Waals surface area contributed by atoms with Crippen molar-refractivity contribution in [2.45, 2.75) is 13.5 Å². The van der Waals surface area contributed by atoms with Crippen LogP contribution in [-0.2, 0) is 6.54 Å². The Morgan fingerprint density at radius 1 is 1.00 bits per heavy atom. The summed E-state index contributed by atoms with van der Waals surface area (Å²) in [7, 11) is 0. The van der Waals surface area contributed by atoms with Crippen LogP contribution in [0.25, 0.3) is 10.8 Å². The standard InChI is InChI=1S/C19H23NO2/c1-13-4-2-7-16-14(5-3-6-15(13)16)8-20-9-17-18(10-20)19(17,11-21)12-22/h2-7,17-18,21-22H,8-12H2,1H3. The third-order valence-corrected chi connectivity index (χ3v) is 5.98. The maximum Gasteiger partial charge on any atom is 0.0515 e. The summed E-state index contributed by atoms with van der Waals surface area (Å²) in [5, 5.41) is 21.7. The normalized spacial score (nSPS) is 26.3. The summed E-state index contributed by atoms with van der Waals surface area (Å²) >= 11 is 0. The van der Waals surface area contributed by atoms with Gasteiger partial charge in [-0.15, -0.1) is 0 Å². The molecule has 3 nitrogen and oxygen atoms in total. The molecule has 4 rings (SSSR count). The topological polar surface area (TPSA) is 43.7 Å². The minimum atomic E-state index is -0.189. The summed E-state index contributed by atoms with van der Waals surface area (Å²) in [6.07, 6.45) is 0. The molecule has 0 spiro atoms. The van der Waals surface area contributed by atoms with E-state index in [1.807, 2.05) is 0 Å². The summed E-state index contributed by atoms with van der Waals surface area (Å²) in [6.45, 7) is 5.36. The zero-order chi connectivity index (χ0) is 15.3. The van der Waals surface area contributed by atoms with Crippen LogP contribution >= 0.6 is 0 Å². The SMILES string of the molecule is Cc1cccc2c(CN3CC4C(C3)C4(CO)CO)cccc12. The summed E-state index contributed by atoms with van der Waals surface area (Å²) in [4.78, 5) is 2.47. The quantitative estimate of drug-likeness (QED) is 0.909. The van der Waals surface area contributed by atoms with Crippen LogP contribution < -0.4 is 0 Å². The lowest BCUT2D eigenvalue weighted by atomic mass is 9.99. The van der Waals surface area contributed by atoms with Crippen LogP contribution in [0.4, 0.5) is 0 Å². The van der Waals surface area contributed by atoms with Gasteiger partial charge in [0.05, 0.1) is 13.2 Å². The summed E-state index contributed by atoms with van der Waals surface area (Å²) in [6, 6.07) is 13.1. The lowest BCUT2D eigenvalue weighted by molar-refractivity contribution is 0.0869. The highest BCUT2D eigenvalue weighted by molar-refractivity contribution is 5.88. The molecule has 2 aromatic carbocycles. The number of hydrogen-bond acceptors (Lipinski definition) is 3. The van der Waals surface area contributed by atoms with Gasteiger partial charge in [-0.05, 0) is 40.7 Å². The molecule has 2 N–H and O–H groups in total. The first kappa shape index (κ1) is 14.2. The molecular weight excluding hydrogens is 274 g/mol. The number of rotatable bonds is 4. The molecule has 0 radical (unpaired) electrons. The van der Waals surface area contributed by atoms with Crippen molar-refractivity contribution in [3.63, 3.8) is 0 Å². The monoisotopic (exact) mass is 297 g/mol. The first-order valence-electron chi connectivity index (χ1n) is 8.11. The Labute approximate surface area is 131 Å². The number of piperidine rings is 1. The highest BCUT2D eigenvalue weighted by atomic mass is 16.3. The van der Waals surface area contributed by atoms with Gasteiger partial charge in [-0.3, -0.25) is 4.90 Å². The van der Waals surface area contributed by atoms with Crippen LogP contribution in [0.3, 0.4) is 0 Å². The molecule has 2 fully saturated rings. The average Bonchev–Trinajstić information content (AvgIpc) is 2.90. The van der Waals surface area contributed by atoms with Gasteiger partial charge in [-0.25, -0.2) is 0 Å².